The number of hydrogen-bond acceptors (Lipinski definition) is 0. The minimum Gasteiger partial charge on any atom is -0.0843 e. The summed E-state index contributed by atoms with van der Waals surface area (Å²) in [5.74, 6) is 0. The zero-order chi connectivity index (χ0) is 6.85. The molecule has 0 fully saturated rings. The summed E-state index contributed by atoms with van der Waals surface area (Å²) >= 11 is 16.8. The van der Waals surface area contributed by atoms with Crippen LogP contribution in [0, 0.1) is 0 Å². The third-order valence-corrected chi connectivity index (χ3v) is 1.86. The molecule has 0 bridgehead atoms. The van der Waals surface area contributed by atoms with E-state index in [2.05, 4.69) is 0 Å². The van der Waals surface area contributed by atoms with Crippen molar-refractivity contribution in [2.45, 2.75) is 0 Å². The molecule has 0 aliphatic rings. The zero-order valence-electron chi connectivity index (χ0n) is 5.37. The molecule has 1 aromatic rings. The topological polar surface area (TPSA) is 0 Å². The SMILES string of the molecule is Clc1ccc(Cl)c(Cl)c1.[Na]. The molecule has 0 saturated heterocycles. The molecular formula is C6H3Cl3Na. The van der Waals surface area contributed by atoms with Crippen molar-refractivity contribution >= 4 is 64.4 Å². The van der Waals surface area contributed by atoms with Crippen LogP contribution in [-0.4, -0.2) is 29.6 Å². The van der Waals surface area contributed by atoms with E-state index in [4.69, 9.17) is 34.8 Å². The van der Waals surface area contributed by atoms with Crippen LogP contribution in [0.4, 0.5) is 0 Å². The Labute approximate surface area is 96.8 Å². The molecule has 0 atom stereocenters. The molecule has 1 radical (unpaired) electrons. The van der Waals surface area contributed by atoms with E-state index in [0.717, 1.165) is 0 Å². The van der Waals surface area contributed by atoms with Crippen LogP contribution in [0.1, 0.15) is 0 Å². The smallest absolute Gasteiger partial charge is 0.0607 e. The van der Waals surface area contributed by atoms with Gasteiger partial charge in [-0.2, -0.15) is 0 Å². The molecule has 1 aromatic carbocycles. The van der Waals surface area contributed by atoms with Gasteiger partial charge >= 0.3 is 0 Å². The van der Waals surface area contributed by atoms with Crippen LogP contribution in [0.5, 0.6) is 0 Å². The van der Waals surface area contributed by atoms with Crippen molar-refractivity contribution in [3.05, 3.63) is 33.3 Å². The predicted octanol–water partition coefficient (Wildman–Crippen LogP) is 3.27. The van der Waals surface area contributed by atoms with E-state index in [0.29, 0.717) is 15.1 Å². The average Bonchev–Trinajstić information content (AvgIpc) is 1.80. The van der Waals surface area contributed by atoms with Crippen LogP contribution in [-0.2, 0) is 0 Å². The van der Waals surface area contributed by atoms with Gasteiger partial charge in [-0.15, -0.1) is 0 Å². The van der Waals surface area contributed by atoms with Crippen molar-refractivity contribution in [3.63, 3.8) is 0 Å². The van der Waals surface area contributed by atoms with Gasteiger partial charge < -0.3 is 0 Å². The van der Waals surface area contributed by atoms with Gasteiger partial charge in [0.1, 0.15) is 0 Å². The van der Waals surface area contributed by atoms with Gasteiger partial charge in [0.2, 0.25) is 0 Å². The van der Waals surface area contributed by atoms with Crippen molar-refractivity contribution < 1.29 is 0 Å². The molecule has 0 aromatic heterocycles. The van der Waals surface area contributed by atoms with Crippen molar-refractivity contribution in [1.82, 2.24) is 0 Å². The molecule has 0 saturated carbocycles. The second kappa shape index (κ2) is 4.87. The van der Waals surface area contributed by atoms with Crippen LogP contribution in [0.3, 0.4) is 0 Å². The van der Waals surface area contributed by atoms with E-state index in [9.17, 15) is 0 Å². The average molecular weight is 204 g/mol. The fourth-order valence-electron chi connectivity index (χ4n) is 0.470. The number of hydrogen-bond donors (Lipinski definition) is 0. The maximum atomic E-state index is 5.60. The van der Waals surface area contributed by atoms with Crippen molar-refractivity contribution in [2.24, 2.45) is 0 Å². The standard InChI is InChI=1S/C6H3Cl3.Na/c7-4-1-2-5(8)6(9)3-4;/h1-3H;. The molecule has 0 nitrogen and oxygen atoms in total. The molecule has 0 heterocycles. The first kappa shape index (κ1) is 11.1. The van der Waals surface area contributed by atoms with Crippen LogP contribution in [0.2, 0.25) is 15.1 Å². The number of halogens is 3. The third kappa shape index (κ3) is 3.00. The first-order valence-corrected chi connectivity index (χ1v) is 3.44. The van der Waals surface area contributed by atoms with Crippen molar-refractivity contribution in [2.75, 3.05) is 0 Å². The molecular weight excluding hydrogens is 201 g/mol. The van der Waals surface area contributed by atoms with Crippen LogP contribution in [0.25, 0.3) is 0 Å². The number of benzene rings is 1. The summed E-state index contributed by atoms with van der Waals surface area (Å²) in [6.07, 6.45) is 0. The summed E-state index contributed by atoms with van der Waals surface area (Å²) in [4.78, 5) is 0. The van der Waals surface area contributed by atoms with E-state index in [1.165, 1.54) is 0 Å². The van der Waals surface area contributed by atoms with Gasteiger partial charge in [-0.1, -0.05) is 34.8 Å². The summed E-state index contributed by atoms with van der Waals surface area (Å²) in [5, 5.41) is 1.62. The molecule has 10 heavy (non-hydrogen) atoms. The Morgan fingerprint density at radius 1 is 0.900 bits per heavy atom. The van der Waals surface area contributed by atoms with Gasteiger partial charge in [0.05, 0.1) is 10.0 Å². The molecule has 0 aliphatic heterocycles. The summed E-state index contributed by atoms with van der Waals surface area (Å²) in [7, 11) is 0. The summed E-state index contributed by atoms with van der Waals surface area (Å²) in [5.41, 5.74) is 0. The van der Waals surface area contributed by atoms with Crippen LogP contribution in [0.15, 0.2) is 18.2 Å². The van der Waals surface area contributed by atoms with Crippen LogP contribution >= 0.6 is 34.8 Å². The van der Waals surface area contributed by atoms with Gasteiger partial charge in [-0.3, -0.25) is 0 Å². The summed E-state index contributed by atoms with van der Waals surface area (Å²) in [6, 6.07) is 4.95. The molecule has 0 aliphatic carbocycles. The fraction of sp³-hybridized carbons (Fsp3) is 0. The maximum absolute atomic E-state index is 5.60. The largest absolute Gasteiger partial charge is 0.0843 e. The van der Waals surface area contributed by atoms with Gasteiger partial charge in [0.15, 0.2) is 0 Å². The molecule has 0 unspecified atom stereocenters. The van der Waals surface area contributed by atoms with Gasteiger partial charge in [-0.25, -0.2) is 0 Å². The zero-order valence-corrected chi connectivity index (χ0v) is 9.63. The Bertz CT molecular complexity index is 224. The summed E-state index contributed by atoms with van der Waals surface area (Å²) < 4.78 is 0. The van der Waals surface area contributed by atoms with Gasteiger partial charge in [-0.05, 0) is 18.2 Å². The van der Waals surface area contributed by atoms with E-state index in [-0.39, 0.29) is 29.6 Å². The van der Waals surface area contributed by atoms with E-state index in [1.807, 2.05) is 0 Å². The first-order valence-electron chi connectivity index (χ1n) is 2.30. The Morgan fingerprint density at radius 2 is 1.50 bits per heavy atom. The van der Waals surface area contributed by atoms with E-state index >= 15 is 0 Å². The minimum atomic E-state index is 0. The molecule has 49 valence electrons. The van der Waals surface area contributed by atoms with Crippen LogP contribution < -0.4 is 0 Å². The van der Waals surface area contributed by atoms with Gasteiger partial charge in [0, 0.05) is 34.6 Å². The molecule has 4 heteroatoms. The van der Waals surface area contributed by atoms with Gasteiger partial charge in [0.25, 0.3) is 0 Å². The fourth-order valence-corrected chi connectivity index (χ4v) is 0.997. The normalized spacial score (nSPS) is 8.70. The molecule has 0 spiro atoms. The van der Waals surface area contributed by atoms with Crippen molar-refractivity contribution in [3.8, 4) is 0 Å². The second-order valence-electron chi connectivity index (χ2n) is 1.56. The van der Waals surface area contributed by atoms with E-state index in [1.54, 1.807) is 18.2 Å². The van der Waals surface area contributed by atoms with E-state index < -0.39 is 0 Å². The second-order valence-corrected chi connectivity index (χ2v) is 2.81. The third-order valence-electron chi connectivity index (χ3n) is 0.882. The predicted molar refractivity (Wildman–Crippen MR) is 47.2 cm³/mol. The molecule has 0 amide bonds. The Morgan fingerprint density at radius 3 is 1.90 bits per heavy atom. The first-order chi connectivity index (χ1) is 4.20. The summed E-state index contributed by atoms with van der Waals surface area (Å²) in [6.45, 7) is 0. The monoisotopic (exact) mass is 203 g/mol. The molecule has 0 N–H and O–H groups in total. The Hall–Kier alpha value is 1.09. The minimum absolute atomic E-state index is 0. The van der Waals surface area contributed by atoms with Crippen molar-refractivity contribution in [1.29, 1.82) is 0 Å². The molecule has 1 rings (SSSR count). The maximum Gasteiger partial charge on any atom is 0.0607 e. The Balaban J connectivity index is 0.000000810. The number of rotatable bonds is 0. The quantitative estimate of drug-likeness (QED) is 0.449. The Kier molecular flexibility index (Phi) is 5.40.